The smallest absolute Gasteiger partial charge is 0.296 e. The van der Waals surface area contributed by atoms with Crippen molar-refractivity contribution in [2.45, 2.75) is 26.7 Å². The van der Waals surface area contributed by atoms with Gasteiger partial charge in [-0.15, -0.1) is 0 Å². The second-order valence-electron chi connectivity index (χ2n) is 4.78. The molecule has 2 aromatic rings. The molecule has 0 heterocycles. The van der Waals surface area contributed by atoms with Crippen LogP contribution in [-0.4, -0.2) is 22.5 Å². The molecule has 0 bridgehead atoms. The molecular weight excluding hydrogens is 336 g/mol. The molecule has 0 unspecified atom stereocenters. The first-order valence-electron chi connectivity index (χ1n) is 8.07. The van der Waals surface area contributed by atoms with E-state index in [0.717, 1.165) is 0 Å². The summed E-state index contributed by atoms with van der Waals surface area (Å²) in [5.41, 5.74) is 0.676. The molecule has 6 heteroatoms. The monoisotopic (exact) mass is 360 g/mol. The van der Waals surface area contributed by atoms with E-state index in [1.807, 2.05) is 0 Å². The second kappa shape index (κ2) is 15.6. The molecule has 0 fully saturated rings. The van der Waals surface area contributed by atoms with Crippen LogP contribution in [0.25, 0.3) is 0 Å². The lowest BCUT2D eigenvalue weighted by atomic mass is 10.2. The molecule has 0 spiro atoms. The SMILES string of the molecule is CCC=CCC.O=C(OO)c1ccccc1.O=C(OO)c1ccccc1. The van der Waals surface area contributed by atoms with E-state index in [1.54, 1.807) is 60.7 Å². The zero-order valence-corrected chi connectivity index (χ0v) is 14.9. The first kappa shape index (κ1) is 23.0. The van der Waals surface area contributed by atoms with E-state index in [-0.39, 0.29) is 0 Å². The first-order valence-corrected chi connectivity index (χ1v) is 8.07. The van der Waals surface area contributed by atoms with Crippen molar-refractivity contribution in [2.75, 3.05) is 0 Å². The highest BCUT2D eigenvalue weighted by molar-refractivity contribution is 5.89. The van der Waals surface area contributed by atoms with Crippen LogP contribution >= 0.6 is 0 Å². The minimum Gasteiger partial charge on any atom is -0.296 e. The first-order chi connectivity index (χ1) is 12.6. The molecule has 0 saturated heterocycles. The molecule has 0 saturated carbocycles. The van der Waals surface area contributed by atoms with Crippen LogP contribution in [0, 0.1) is 0 Å². The maximum atomic E-state index is 10.5. The van der Waals surface area contributed by atoms with E-state index < -0.39 is 11.9 Å². The third-order valence-electron chi connectivity index (χ3n) is 2.82. The van der Waals surface area contributed by atoms with Crippen LogP contribution < -0.4 is 0 Å². The Morgan fingerprint density at radius 1 is 0.731 bits per heavy atom. The van der Waals surface area contributed by atoms with Gasteiger partial charge in [0.1, 0.15) is 0 Å². The van der Waals surface area contributed by atoms with E-state index in [2.05, 4.69) is 35.8 Å². The number of allylic oxidation sites excluding steroid dienone is 2. The quantitative estimate of drug-likeness (QED) is 0.453. The summed E-state index contributed by atoms with van der Waals surface area (Å²) in [4.78, 5) is 28.1. The van der Waals surface area contributed by atoms with Crippen LogP contribution in [-0.2, 0) is 9.78 Å². The minimum absolute atomic E-state index is 0.338. The lowest BCUT2D eigenvalue weighted by Gasteiger charge is -1.92. The van der Waals surface area contributed by atoms with E-state index in [9.17, 15) is 9.59 Å². The highest BCUT2D eigenvalue weighted by Gasteiger charge is 2.03. The molecule has 140 valence electrons. The average molecular weight is 360 g/mol. The maximum Gasteiger partial charge on any atom is 0.372 e. The van der Waals surface area contributed by atoms with Gasteiger partial charge in [0.05, 0.1) is 11.1 Å². The molecule has 0 amide bonds. The van der Waals surface area contributed by atoms with Crippen molar-refractivity contribution in [2.24, 2.45) is 0 Å². The Labute approximate surface area is 153 Å². The normalized spacial score (nSPS) is 9.23. The molecule has 2 N–H and O–H groups in total. The molecule has 0 atom stereocenters. The van der Waals surface area contributed by atoms with Gasteiger partial charge in [0.25, 0.3) is 0 Å². The summed E-state index contributed by atoms with van der Waals surface area (Å²) in [6, 6.07) is 16.5. The fourth-order valence-corrected chi connectivity index (χ4v) is 1.59. The molecule has 6 nitrogen and oxygen atoms in total. The third-order valence-corrected chi connectivity index (χ3v) is 2.82. The Hall–Kier alpha value is -2.96. The van der Waals surface area contributed by atoms with Crippen LogP contribution in [0.1, 0.15) is 47.4 Å². The summed E-state index contributed by atoms with van der Waals surface area (Å²) >= 11 is 0. The van der Waals surface area contributed by atoms with E-state index in [1.165, 1.54) is 12.8 Å². The van der Waals surface area contributed by atoms with Crippen LogP contribution in [0.3, 0.4) is 0 Å². The lowest BCUT2D eigenvalue weighted by Crippen LogP contribution is -2.00. The van der Waals surface area contributed by atoms with Crippen molar-refractivity contribution in [1.29, 1.82) is 0 Å². The van der Waals surface area contributed by atoms with Gasteiger partial charge in [-0.1, -0.05) is 62.4 Å². The second-order valence-corrected chi connectivity index (χ2v) is 4.78. The van der Waals surface area contributed by atoms with E-state index in [4.69, 9.17) is 10.5 Å². The number of benzene rings is 2. The third kappa shape index (κ3) is 10.7. The van der Waals surface area contributed by atoms with Crippen molar-refractivity contribution < 1.29 is 29.9 Å². The standard InChI is InChI=1S/2C7H6O3.C6H12/c2*8-7(10-9)6-4-2-1-3-5-6;1-3-5-6-4-2/h2*1-5,9H;5-6H,3-4H2,1-2H3. The molecule has 0 radical (unpaired) electrons. The Bertz CT molecular complexity index is 580. The van der Waals surface area contributed by atoms with Gasteiger partial charge in [-0.2, -0.15) is 10.5 Å². The molecule has 2 rings (SSSR count). The van der Waals surface area contributed by atoms with Gasteiger partial charge in [0.15, 0.2) is 0 Å². The van der Waals surface area contributed by atoms with Crippen molar-refractivity contribution >= 4 is 11.9 Å². The number of carbonyl (C=O) groups is 2. The molecule has 0 aliphatic rings. The highest BCUT2D eigenvalue weighted by Crippen LogP contribution is 1.99. The summed E-state index contributed by atoms with van der Waals surface area (Å²) in [6.07, 6.45) is 6.71. The topological polar surface area (TPSA) is 93.1 Å². The van der Waals surface area contributed by atoms with Crippen molar-refractivity contribution in [1.82, 2.24) is 0 Å². The van der Waals surface area contributed by atoms with Crippen molar-refractivity contribution in [3.63, 3.8) is 0 Å². The number of hydrogen-bond acceptors (Lipinski definition) is 6. The molecule has 0 aliphatic heterocycles. The van der Waals surface area contributed by atoms with Crippen LogP contribution in [0.4, 0.5) is 0 Å². The predicted molar refractivity (Wildman–Crippen MR) is 98.7 cm³/mol. The van der Waals surface area contributed by atoms with Gasteiger partial charge in [-0.25, -0.2) is 9.59 Å². The Balaban J connectivity index is 0.000000375. The summed E-state index contributed by atoms with van der Waals surface area (Å²) in [6.45, 7) is 4.29. The Morgan fingerprint density at radius 2 is 1.04 bits per heavy atom. The molecule has 0 aromatic heterocycles. The molecule has 0 aliphatic carbocycles. The minimum atomic E-state index is -0.736. The van der Waals surface area contributed by atoms with Crippen LogP contribution in [0.2, 0.25) is 0 Å². The summed E-state index contributed by atoms with van der Waals surface area (Å²) in [7, 11) is 0. The summed E-state index contributed by atoms with van der Waals surface area (Å²) in [5.74, 6) is -1.47. The molecular formula is C20H24O6. The predicted octanol–water partition coefficient (Wildman–Crippen LogP) is 5.00. The maximum absolute atomic E-state index is 10.5. The van der Waals surface area contributed by atoms with Gasteiger partial charge in [0.2, 0.25) is 0 Å². The average Bonchev–Trinajstić information content (AvgIpc) is 2.73. The van der Waals surface area contributed by atoms with Crippen LogP contribution in [0.5, 0.6) is 0 Å². The number of hydrogen-bond donors (Lipinski definition) is 2. The van der Waals surface area contributed by atoms with Crippen LogP contribution in [0.15, 0.2) is 72.8 Å². The largest absolute Gasteiger partial charge is 0.372 e. The number of rotatable bonds is 4. The summed E-state index contributed by atoms with van der Waals surface area (Å²) in [5, 5.41) is 15.9. The zero-order valence-electron chi connectivity index (χ0n) is 14.9. The fourth-order valence-electron chi connectivity index (χ4n) is 1.59. The Kier molecular flexibility index (Phi) is 13.8. The van der Waals surface area contributed by atoms with E-state index in [0.29, 0.717) is 11.1 Å². The number of carbonyl (C=O) groups excluding carboxylic acids is 2. The Morgan fingerprint density at radius 3 is 1.27 bits per heavy atom. The van der Waals surface area contributed by atoms with Gasteiger partial charge < -0.3 is 0 Å². The molecule has 26 heavy (non-hydrogen) atoms. The highest BCUT2D eigenvalue weighted by atomic mass is 17.1. The van der Waals surface area contributed by atoms with Crippen molar-refractivity contribution in [3.05, 3.63) is 83.9 Å². The molecule has 2 aromatic carbocycles. The summed E-state index contributed by atoms with van der Waals surface area (Å²) < 4.78 is 0. The van der Waals surface area contributed by atoms with Gasteiger partial charge in [-0.05, 0) is 37.1 Å². The lowest BCUT2D eigenvalue weighted by molar-refractivity contribution is -0.182. The van der Waals surface area contributed by atoms with Gasteiger partial charge in [-0.3, -0.25) is 9.78 Å². The van der Waals surface area contributed by atoms with E-state index >= 15 is 0 Å². The van der Waals surface area contributed by atoms with Gasteiger partial charge in [0, 0.05) is 0 Å². The van der Waals surface area contributed by atoms with Gasteiger partial charge >= 0.3 is 11.9 Å². The zero-order chi connectivity index (χ0) is 19.6. The van der Waals surface area contributed by atoms with Crippen molar-refractivity contribution in [3.8, 4) is 0 Å². The fraction of sp³-hybridized carbons (Fsp3) is 0.200.